The van der Waals surface area contributed by atoms with Crippen molar-refractivity contribution in [3.05, 3.63) is 52.5 Å². The maximum absolute atomic E-state index is 12.2. The van der Waals surface area contributed by atoms with Crippen molar-refractivity contribution in [3.8, 4) is 0 Å². The molecule has 1 heterocycles. The molecule has 0 radical (unpaired) electrons. The molecule has 0 spiro atoms. The zero-order valence-corrected chi connectivity index (χ0v) is 11.1. The third kappa shape index (κ3) is 2.64. The van der Waals surface area contributed by atoms with Gasteiger partial charge in [-0.2, -0.15) is 0 Å². The van der Waals surface area contributed by atoms with E-state index >= 15 is 0 Å². The van der Waals surface area contributed by atoms with Crippen molar-refractivity contribution >= 4 is 21.7 Å². The molecule has 0 fully saturated rings. The molecule has 2 aromatic rings. The Balaban J connectivity index is 2.30. The highest BCUT2D eigenvalue weighted by Crippen LogP contribution is 2.13. The zero-order valence-electron chi connectivity index (χ0n) is 9.56. The van der Waals surface area contributed by atoms with Gasteiger partial charge in [-0.05, 0) is 30.7 Å². The maximum atomic E-state index is 12.2. The summed E-state index contributed by atoms with van der Waals surface area (Å²) in [5, 5.41) is 0. The van der Waals surface area contributed by atoms with E-state index in [1.807, 2.05) is 22.9 Å². The van der Waals surface area contributed by atoms with Gasteiger partial charge >= 0.3 is 0 Å². The molecule has 0 N–H and O–H groups in total. The van der Waals surface area contributed by atoms with Crippen molar-refractivity contribution in [3.63, 3.8) is 0 Å². The van der Waals surface area contributed by atoms with Crippen molar-refractivity contribution < 1.29 is 4.79 Å². The van der Waals surface area contributed by atoms with E-state index in [0.717, 1.165) is 17.4 Å². The molecular weight excluding hydrogens is 280 g/mol. The van der Waals surface area contributed by atoms with Crippen LogP contribution < -0.4 is 0 Å². The predicted molar refractivity (Wildman–Crippen MR) is 70.1 cm³/mol. The third-order valence-corrected chi connectivity index (χ3v) is 3.02. The van der Waals surface area contributed by atoms with Crippen molar-refractivity contribution in [2.45, 2.75) is 19.9 Å². The molecule has 0 aliphatic heterocycles. The van der Waals surface area contributed by atoms with Gasteiger partial charge in [-0.15, -0.1) is 0 Å². The fraction of sp³-hybridized carbons (Fsp3) is 0.231. The van der Waals surface area contributed by atoms with E-state index in [1.165, 1.54) is 0 Å². The second-order valence-corrected chi connectivity index (χ2v) is 4.70. The van der Waals surface area contributed by atoms with Gasteiger partial charge in [0.1, 0.15) is 0 Å². The molecule has 1 aromatic carbocycles. The van der Waals surface area contributed by atoms with Gasteiger partial charge in [-0.1, -0.05) is 22.9 Å². The lowest BCUT2D eigenvalue weighted by molar-refractivity contribution is 0.102. The number of hydrogen-bond donors (Lipinski definition) is 0. The van der Waals surface area contributed by atoms with Gasteiger partial charge in [0.15, 0.2) is 5.82 Å². The lowest BCUT2D eigenvalue weighted by atomic mass is 10.1. The minimum absolute atomic E-state index is 0.0315. The molecule has 88 valence electrons. The predicted octanol–water partition coefficient (Wildman–Crippen LogP) is 3.29. The molecule has 0 saturated carbocycles. The van der Waals surface area contributed by atoms with Crippen LogP contribution in [0.5, 0.6) is 0 Å². The number of carbonyl (C=O) groups excluding carboxylic acids is 1. The topological polar surface area (TPSA) is 34.9 Å². The smallest absolute Gasteiger partial charge is 0.228 e. The van der Waals surface area contributed by atoms with Gasteiger partial charge in [0.05, 0.1) is 0 Å². The average Bonchev–Trinajstić information content (AvgIpc) is 2.78. The highest BCUT2D eigenvalue weighted by molar-refractivity contribution is 9.10. The summed E-state index contributed by atoms with van der Waals surface area (Å²) in [4.78, 5) is 16.4. The fourth-order valence-corrected chi connectivity index (χ4v) is 1.93. The van der Waals surface area contributed by atoms with Crippen LogP contribution in [0.15, 0.2) is 41.1 Å². The van der Waals surface area contributed by atoms with E-state index < -0.39 is 0 Å². The van der Waals surface area contributed by atoms with Crippen LogP contribution in [0.3, 0.4) is 0 Å². The average molecular weight is 293 g/mol. The van der Waals surface area contributed by atoms with Crippen LogP contribution in [-0.2, 0) is 6.54 Å². The minimum Gasteiger partial charge on any atom is -0.328 e. The Hall–Kier alpha value is -1.42. The molecule has 0 amide bonds. The second-order valence-electron chi connectivity index (χ2n) is 3.78. The first kappa shape index (κ1) is 12.0. The standard InChI is InChI=1S/C13H13BrN2O/c1-2-8-16-9-7-15-13(16)12(17)10-3-5-11(14)6-4-10/h3-7,9H,2,8H2,1H3. The van der Waals surface area contributed by atoms with Gasteiger partial charge < -0.3 is 4.57 Å². The first-order valence-corrected chi connectivity index (χ1v) is 6.33. The molecule has 0 unspecified atom stereocenters. The van der Waals surface area contributed by atoms with E-state index in [1.54, 1.807) is 18.3 Å². The zero-order chi connectivity index (χ0) is 12.3. The number of ketones is 1. The molecule has 0 atom stereocenters. The van der Waals surface area contributed by atoms with Crippen molar-refractivity contribution in [1.82, 2.24) is 9.55 Å². The summed E-state index contributed by atoms with van der Waals surface area (Å²) in [5.74, 6) is 0.477. The van der Waals surface area contributed by atoms with Gasteiger partial charge in [0.25, 0.3) is 0 Å². The van der Waals surface area contributed by atoms with Gasteiger partial charge in [-0.3, -0.25) is 4.79 Å². The van der Waals surface area contributed by atoms with Crippen LogP contribution in [0.2, 0.25) is 0 Å². The Morgan fingerprint density at radius 1 is 1.35 bits per heavy atom. The van der Waals surface area contributed by atoms with E-state index in [2.05, 4.69) is 27.8 Å². The highest BCUT2D eigenvalue weighted by atomic mass is 79.9. The Morgan fingerprint density at radius 2 is 2.06 bits per heavy atom. The summed E-state index contributed by atoms with van der Waals surface area (Å²) in [7, 11) is 0. The molecule has 0 aliphatic carbocycles. The van der Waals surface area contributed by atoms with Crippen LogP contribution in [-0.4, -0.2) is 15.3 Å². The summed E-state index contributed by atoms with van der Waals surface area (Å²) in [5.41, 5.74) is 0.664. The SMILES string of the molecule is CCCn1ccnc1C(=O)c1ccc(Br)cc1. The molecule has 0 bridgehead atoms. The minimum atomic E-state index is -0.0315. The fourth-order valence-electron chi connectivity index (χ4n) is 1.67. The summed E-state index contributed by atoms with van der Waals surface area (Å²) in [6.45, 7) is 2.89. The van der Waals surface area contributed by atoms with Crippen molar-refractivity contribution in [2.24, 2.45) is 0 Å². The first-order valence-electron chi connectivity index (χ1n) is 5.53. The quantitative estimate of drug-likeness (QED) is 0.811. The number of carbonyl (C=O) groups is 1. The number of rotatable bonds is 4. The summed E-state index contributed by atoms with van der Waals surface area (Å²) in [6.07, 6.45) is 4.49. The van der Waals surface area contributed by atoms with E-state index in [-0.39, 0.29) is 5.78 Å². The largest absolute Gasteiger partial charge is 0.328 e. The number of benzene rings is 1. The maximum Gasteiger partial charge on any atom is 0.228 e. The summed E-state index contributed by atoms with van der Waals surface area (Å²) < 4.78 is 2.86. The number of aromatic nitrogens is 2. The van der Waals surface area contributed by atoms with Crippen molar-refractivity contribution in [2.75, 3.05) is 0 Å². The van der Waals surface area contributed by atoms with E-state index in [4.69, 9.17) is 0 Å². The van der Waals surface area contributed by atoms with Crippen LogP contribution in [0.25, 0.3) is 0 Å². The van der Waals surface area contributed by atoms with Gasteiger partial charge in [0, 0.05) is 29.0 Å². The van der Waals surface area contributed by atoms with E-state index in [0.29, 0.717) is 11.4 Å². The molecule has 4 heteroatoms. The van der Waals surface area contributed by atoms with Crippen LogP contribution in [0.1, 0.15) is 29.5 Å². The Morgan fingerprint density at radius 3 is 2.71 bits per heavy atom. The van der Waals surface area contributed by atoms with Gasteiger partial charge in [0.2, 0.25) is 5.78 Å². The van der Waals surface area contributed by atoms with Crippen LogP contribution >= 0.6 is 15.9 Å². The van der Waals surface area contributed by atoms with E-state index in [9.17, 15) is 4.79 Å². The molecular formula is C13H13BrN2O. The Labute approximate surface area is 109 Å². The Kier molecular flexibility index (Phi) is 3.74. The molecule has 0 saturated heterocycles. The number of aryl methyl sites for hydroxylation is 1. The normalized spacial score (nSPS) is 10.5. The number of halogens is 1. The lowest BCUT2D eigenvalue weighted by Gasteiger charge is -2.05. The number of imidazole rings is 1. The number of hydrogen-bond acceptors (Lipinski definition) is 2. The monoisotopic (exact) mass is 292 g/mol. The van der Waals surface area contributed by atoms with Crippen molar-refractivity contribution in [1.29, 1.82) is 0 Å². The second kappa shape index (κ2) is 5.27. The lowest BCUT2D eigenvalue weighted by Crippen LogP contribution is -2.11. The Bertz CT molecular complexity index is 516. The summed E-state index contributed by atoms with van der Waals surface area (Å²) >= 11 is 3.35. The molecule has 1 aromatic heterocycles. The first-order chi connectivity index (χ1) is 8.22. The molecule has 17 heavy (non-hydrogen) atoms. The van der Waals surface area contributed by atoms with Crippen LogP contribution in [0, 0.1) is 0 Å². The molecule has 0 aliphatic rings. The van der Waals surface area contributed by atoms with Gasteiger partial charge in [-0.25, -0.2) is 4.98 Å². The molecule has 2 rings (SSSR count). The number of nitrogens with zero attached hydrogens (tertiary/aromatic N) is 2. The third-order valence-electron chi connectivity index (χ3n) is 2.49. The highest BCUT2D eigenvalue weighted by Gasteiger charge is 2.14. The summed E-state index contributed by atoms with van der Waals surface area (Å²) in [6, 6.07) is 7.33. The van der Waals surface area contributed by atoms with Crippen LogP contribution in [0.4, 0.5) is 0 Å². The molecule has 3 nitrogen and oxygen atoms in total.